The number of benzene rings is 4. The van der Waals surface area contributed by atoms with Crippen molar-refractivity contribution in [3.8, 4) is 11.3 Å². The molecule has 1 fully saturated rings. The third kappa shape index (κ3) is 7.92. The van der Waals surface area contributed by atoms with Crippen molar-refractivity contribution in [2.75, 3.05) is 17.3 Å². The maximum absolute atomic E-state index is 6.41. The lowest BCUT2D eigenvalue weighted by Gasteiger charge is -2.35. The molecule has 0 bridgehead atoms. The molecular formula is C52H60N3OSi+. The molecule has 4 aromatic carbocycles. The molecule has 0 amide bonds. The highest BCUT2D eigenvalue weighted by molar-refractivity contribution is 6.89. The summed E-state index contributed by atoms with van der Waals surface area (Å²) < 4.78 is 9.10. The summed E-state index contributed by atoms with van der Waals surface area (Å²) in [6.07, 6.45) is 17.8. The number of allylic oxidation sites excluding steroid dienone is 4. The largest absolute Gasteiger partial charge is 0.454 e. The molecule has 2 unspecified atom stereocenters. The van der Waals surface area contributed by atoms with Crippen LogP contribution in [0.15, 0.2) is 144 Å². The normalized spacial score (nSPS) is 17.1. The fraction of sp³-hybridized carbons (Fsp3) is 0.327. The number of rotatable bonds is 13. The Balaban J connectivity index is 1.17. The second-order valence-electron chi connectivity index (χ2n) is 17.7. The Bertz CT molecular complexity index is 2460. The highest BCUT2D eigenvalue weighted by atomic mass is 28.3. The first kappa shape index (κ1) is 38.7. The molecule has 5 heteroatoms. The predicted octanol–water partition coefficient (Wildman–Crippen LogP) is 13.5. The predicted molar refractivity (Wildman–Crippen MR) is 246 cm³/mol. The van der Waals surface area contributed by atoms with Crippen LogP contribution in [0.1, 0.15) is 81.4 Å². The van der Waals surface area contributed by atoms with Crippen LogP contribution in [0.25, 0.3) is 33.2 Å². The van der Waals surface area contributed by atoms with Crippen LogP contribution in [-0.4, -0.2) is 15.1 Å². The minimum atomic E-state index is -1.69. The summed E-state index contributed by atoms with van der Waals surface area (Å²) in [7, 11) is 0.482. The first-order valence-corrected chi connectivity index (χ1v) is 24.8. The van der Waals surface area contributed by atoms with Gasteiger partial charge in [-0.15, -0.1) is 0 Å². The molecule has 4 nitrogen and oxygen atoms in total. The zero-order valence-corrected chi connectivity index (χ0v) is 35.8. The zero-order chi connectivity index (χ0) is 39.7. The minimum absolute atomic E-state index is 0.200. The van der Waals surface area contributed by atoms with Crippen molar-refractivity contribution in [2.24, 2.45) is 5.92 Å². The first-order valence-electron chi connectivity index (χ1n) is 21.3. The molecule has 1 aliphatic carbocycles. The molecule has 8 rings (SSSR count). The number of pyridine rings is 1. The van der Waals surface area contributed by atoms with Crippen LogP contribution >= 0.6 is 0 Å². The van der Waals surface area contributed by atoms with Gasteiger partial charge in [0.05, 0.1) is 31.6 Å². The molecule has 1 N–H and O–H groups in total. The van der Waals surface area contributed by atoms with Crippen molar-refractivity contribution >= 4 is 52.3 Å². The lowest BCUT2D eigenvalue weighted by molar-refractivity contribution is -0.717. The highest BCUT2D eigenvalue weighted by Crippen LogP contribution is 2.45. The molecule has 6 aromatic rings. The zero-order valence-electron chi connectivity index (χ0n) is 34.8. The average molecular weight is 771 g/mol. The van der Waals surface area contributed by atoms with Crippen molar-refractivity contribution in [1.29, 1.82) is 0 Å². The van der Waals surface area contributed by atoms with Crippen LogP contribution in [0.5, 0.6) is 0 Å². The standard InChI is InChI=1S/C52H60N3OSi/c1-8-19-36(2)30-31-42-40-22-12-13-23-41(40)49-34-39(33-38-20-10-9-11-21-38)51(57(5,6)7)35-55(49)48(42)32-37(3)54(4)47-28-16-15-26-45(47)53-46-27-18-25-44-43-24-14-17-29-50(43)56-52(44)46/h8,12-19,22-29,34-35,38,42,48,53H,2-3,9-11,20-21,30-33H2,1,4-7H3/q+1/b19-8-. The molecule has 1 saturated carbocycles. The van der Waals surface area contributed by atoms with Gasteiger partial charge in [0.15, 0.2) is 17.8 Å². The Hall–Kier alpha value is -5.13. The Kier molecular flexibility index (Phi) is 11.1. The van der Waals surface area contributed by atoms with E-state index in [1.54, 1.807) is 10.8 Å². The number of nitrogens with one attached hydrogen (secondary N) is 1. The Labute approximate surface area is 341 Å². The van der Waals surface area contributed by atoms with E-state index in [1.807, 2.05) is 12.1 Å². The number of hydrogen-bond acceptors (Lipinski definition) is 3. The SMILES string of the molecule is C=C(/C=C\C)CCC1c2ccccc2-c2cc(CC3CCCCC3)c([Si](C)(C)C)c[n+]2C1CC(=C)N(C)c1ccccc1Nc1cccc2c1oc1ccccc12. The molecule has 292 valence electrons. The Morgan fingerprint density at radius 2 is 1.60 bits per heavy atom. The van der Waals surface area contributed by atoms with E-state index in [4.69, 9.17) is 11.0 Å². The third-order valence-electron chi connectivity index (χ3n) is 12.7. The van der Waals surface area contributed by atoms with E-state index >= 15 is 0 Å². The van der Waals surface area contributed by atoms with Gasteiger partial charge in [-0.1, -0.05) is 143 Å². The van der Waals surface area contributed by atoms with Crippen LogP contribution in [0.2, 0.25) is 19.6 Å². The second kappa shape index (κ2) is 16.4. The van der Waals surface area contributed by atoms with Gasteiger partial charge in [-0.3, -0.25) is 0 Å². The molecule has 2 aliphatic rings. The van der Waals surface area contributed by atoms with Gasteiger partial charge in [-0.05, 0) is 73.6 Å². The van der Waals surface area contributed by atoms with Crippen LogP contribution in [-0.2, 0) is 6.42 Å². The molecular weight excluding hydrogens is 711 g/mol. The number of anilines is 3. The second-order valence-corrected chi connectivity index (χ2v) is 22.7. The van der Waals surface area contributed by atoms with Crippen LogP contribution < -0.4 is 20.0 Å². The summed E-state index contributed by atoms with van der Waals surface area (Å²) >= 11 is 0. The summed E-state index contributed by atoms with van der Waals surface area (Å²) in [5.41, 5.74) is 12.9. The van der Waals surface area contributed by atoms with Crippen molar-refractivity contribution in [3.63, 3.8) is 0 Å². The van der Waals surface area contributed by atoms with E-state index in [1.165, 1.54) is 60.9 Å². The van der Waals surface area contributed by atoms with Crippen molar-refractivity contribution in [1.82, 2.24) is 0 Å². The Morgan fingerprint density at radius 1 is 0.877 bits per heavy atom. The maximum Gasteiger partial charge on any atom is 0.213 e. The lowest BCUT2D eigenvalue weighted by Crippen LogP contribution is -2.54. The highest BCUT2D eigenvalue weighted by Gasteiger charge is 2.42. The van der Waals surface area contributed by atoms with E-state index in [0.29, 0.717) is 5.92 Å². The summed E-state index contributed by atoms with van der Waals surface area (Å²) in [6.45, 7) is 19.0. The van der Waals surface area contributed by atoms with E-state index in [9.17, 15) is 0 Å². The summed E-state index contributed by atoms with van der Waals surface area (Å²) in [4.78, 5) is 2.30. The van der Waals surface area contributed by atoms with Crippen LogP contribution in [0.3, 0.4) is 0 Å². The van der Waals surface area contributed by atoms with E-state index in [0.717, 1.165) is 69.9 Å². The average Bonchev–Trinajstić information content (AvgIpc) is 3.60. The van der Waals surface area contributed by atoms with Crippen molar-refractivity contribution in [2.45, 2.75) is 96.3 Å². The van der Waals surface area contributed by atoms with Crippen LogP contribution in [0.4, 0.5) is 17.1 Å². The monoisotopic (exact) mass is 770 g/mol. The summed E-state index contributed by atoms with van der Waals surface area (Å²) in [5, 5.41) is 7.63. The fourth-order valence-electron chi connectivity index (χ4n) is 9.76. The van der Waals surface area contributed by atoms with E-state index in [2.05, 4.69) is 158 Å². The topological polar surface area (TPSA) is 32.3 Å². The number of fused-ring (bicyclic) bond motifs is 6. The number of hydrogen-bond donors (Lipinski definition) is 1. The number of para-hydroxylation sites is 4. The number of nitrogens with zero attached hydrogens (tertiary/aromatic N) is 2. The van der Waals surface area contributed by atoms with Gasteiger partial charge in [0, 0.05) is 46.3 Å². The molecule has 3 heterocycles. The summed E-state index contributed by atoms with van der Waals surface area (Å²) in [5.74, 6) is 1.10. The molecule has 57 heavy (non-hydrogen) atoms. The van der Waals surface area contributed by atoms with Crippen molar-refractivity contribution in [3.05, 3.63) is 151 Å². The number of aromatic nitrogens is 1. The minimum Gasteiger partial charge on any atom is -0.454 e. The molecule has 1 aliphatic heterocycles. The third-order valence-corrected chi connectivity index (χ3v) is 14.8. The van der Waals surface area contributed by atoms with Gasteiger partial charge in [0.1, 0.15) is 5.58 Å². The number of furan rings is 1. The van der Waals surface area contributed by atoms with E-state index in [-0.39, 0.29) is 6.04 Å². The van der Waals surface area contributed by atoms with Crippen LogP contribution in [0, 0.1) is 5.92 Å². The fourth-order valence-corrected chi connectivity index (χ4v) is 11.4. The van der Waals surface area contributed by atoms with E-state index < -0.39 is 8.07 Å². The molecule has 0 radical (unpaired) electrons. The van der Waals surface area contributed by atoms with Gasteiger partial charge in [-0.2, -0.15) is 4.57 Å². The molecule has 0 saturated heterocycles. The molecule has 0 spiro atoms. The van der Waals surface area contributed by atoms with Gasteiger partial charge < -0.3 is 14.6 Å². The lowest BCUT2D eigenvalue weighted by atomic mass is 9.77. The van der Waals surface area contributed by atoms with Gasteiger partial charge in [-0.25, -0.2) is 0 Å². The maximum atomic E-state index is 6.41. The smallest absolute Gasteiger partial charge is 0.213 e. The summed E-state index contributed by atoms with van der Waals surface area (Å²) in [6, 6.07) is 35.2. The first-order chi connectivity index (χ1) is 27.6. The molecule has 2 aromatic heterocycles. The molecule has 2 atom stereocenters. The Morgan fingerprint density at radius 3 is 2.40 bits per heavy atom. The van der Waals surface area contributed by atoms with Gasteiger partial charge in [0.2, 0.25) is 5.69 Å². The van der Waals surface area contributed by atoms with Gasteiger partial charge >= 0.3 is 0 Å². The van der Waals surface area contributed by atoms with Crippen molar-refractivity contribution < 1.29 is 8.98 Å². The van der Waals surface area contributed by atoms with Gasteiger partial charge in [0.25, 0.3) is 0 Å². The quantitative estimate of drug-likeness (QED) is 0.0721.